The number of anilines is 1. The Labute approximate surface area is 142 Å². The summed E-state index contributed by atoms with van der Waals surface area (Å²) in [5, 5.41) is 3.75. The maximum atomic E-state index is 11.9. The fourth-order valence-electron chi connectivity index (χ4n) is 1.61. The van der Waals surface area contributed by atoms with Crippen LogP contribution in [-0.2, 0) is 9.59 Å². The highest BCUT2D eigenvalue weighted by atomic mass is 79.9. The average molecular weight is 391 g/mol. The second-order valence-electron chi connectivity index (χ2n) is 3.98. The first kappa shape index (κ1) is 17.7. The van der Waals surface area contributed by atoms with Crippen LogP contribution in [0.3, 0.4) is 0 Å². The number of carbonyl (C=O) groups is 2. The number of hydrogen-bond donors (Lipinski definition) is 1. The number of amides is 2. The number of aliphatic imine (C=N–C) groups is 1. The van der Waals surface area contributed by atoms with Crippen LogP contribution in [0.4, 0.5) is 5.69 Å². The SMILES string of the molecule is Br.CN=C1S/C(=C\C(=O)Nc2cccc(Cl)c2)C(=O)N1C. The molecule has 2 rings (SSSR count). The summed E-state index contributed by atoms with van der Waals surface area (Å²) in [4.78, 5) is 29.5. The molecule has 5 nitrogen and oxygen atoms in total. The minimum Gasteiger partial charge on any atom is -0.322 e. The van der Waals surface area contributed by atoms with Gasteiger partial charge in [0, 0.05) is 30.9 Å². The molecule has 8 heteroatoms. The lowest BCUT2D eigenvalue weighted by Gasteiger charge is -2.05. The molecular formula is C13H13BrClN3O2S. The quantitative estimate of drug-likeness (QED) is 0.790. The normalized spacial score (nSPS) is 18.0. The van der Waals surface area contributed by atoms with Crippen LogP contribution in [0.1, 0.15) is 0 Å². The van der Waals surface area contributed by atoms with Gasteiger partial charge in [0.1, 0.15) is 0 Å². The molecule has 0 aliphatic carbocycles. The number of benzene rings is 1. The van der Waals surface area contributed by atoms with Crippen molar-refractivity contribution in [2.24, 2.45) is 4.99 Å². The molecule has 1 aromatic rings. The van der Waals surface area contributed by atoms with E-state index >= 15 is 0 Å². The van der Waals surface area contributed by atoms with Crippen molar-refractivity contribution < 1.29 is 9.59 Å². The van der Waals surface area contributed by atoms with E-state index in [2.05, 4.69) is 10.3 Å². The average Bonchev–Trinajstić information content (AvgIpc) is 2.66. The zero-order valence-corrected chi connectivity index (χ0v) is 14.6. The van der Waals surface area contributed by atoms with E-state index in [1.54, 1.807) is 38.4 Å². The molecule has 1 saturated heterocycles. The Bertz CT molecular complexity index is 634. The monoisotopic (exact) mass is 389 g/mol. The van der Waals surface area contributed by atoms with Gasteiger partial charge in [0.25, 0.3) is 5.91 Å². The van der Waals surface area contributed by atoms with E-state index in [1.807, 2.05) is 0 Å². The number of amidine groups is 1. The van der Waals surface area contributed by atoms with Crippen LogP contribution in [0.2, 0.25) is 5.02 Å². The molecule has 0 spiro atoms. The maximum absolute atomic E-state index is 11.9. The van der Waals surface area contributed by atoms with Gasteiger partial charge in [-0.25, -0.2) is 0 Å². The summed E-state index contributed by atoms with van der Waals surface area (Å²) in [5.74, 6) is -0.620. The number of thioether (sulfide) groups is 1. The number of rotatable bonds is 2. The van der Waals surface area contributed by atoms with Gasteiger partial charge in [-0.05, 0) is 30.0 Å². The largest absolute Gasteiger partial charge is 0.322 e. The van der Waals surface area contributed by atoms with E-state index < -0.39 is 0 Å². The van der Waals surface area contributed by atoms with Crippen LogP contribution in [0.15, 0.2) is 40.2 Å². The number of likely N-dealkylation sites (N-methyl/N-ethyl adjacent to an activating group) is 1. The lowest BCUT2D eigenvalue weighted by Crippen LogP contribution is -2.24. The number of halogens is 2. The van der Waals surface area contributed by atoms with E-state index in [0.29, 0.717) is 20.8 Å². The predicted octanol–water partition coefficient (Wildman–Crippen LogP) is 2.93. The summed E-state index contributed by atoms with van der Waals surface area (Å²) >= 11 is 7.00. The Hall–Kier alpha value is -1.31. The Balaban J connectivity index is 0.00000220. The molecule has 1 aliphatic heterocycles. The van der Waals surface area contributed by atoms with Crippen molar-refractivity contribution in [1.82, 2.24) is 4.90 Å². The second kappa shape index (κ2) is 7.63. The van der Waals surface area contributed by atoms with Crippen molar-refractivity contribution in [3.8, 4) is 0 Å². The van der Waals surface area contributed by atoms with Gasteiger partial charge in [-0.2, -0.15) is 0 Å². The van der Waals surface area contributed by atoms with Gasteiger partial charge in [0.05, 0.1) is 4.91 Å². The Kier molecular flexibility index (Phi) is 6.44. The fraction of sp³-hybridized carbons (Fsp3) is 0.154. The van der Waals surface area contributed by atoms with Crippen LogP contribution in [0, 0.1) is 0 Å². The van der Waals surface area contributed by atoms with Gasteiger partial charge in [-0.3, -0.25) is 19.5 Å². The molecule has 1 fully saturated rings. The topological polar surface area (TPSA) is 61.8 Å². The maximum Gasteiger partial charge on any atom is 0.266 e. The first-order valence-corrected chi connectivity index (χ1v) is 6.91. The van der Waals surface area contributed by atoms with Gasteiger partial charge in [-0.15, -0.1) is 17.0 Å². The van der Waals surface area contributed by atoms with Crippen LogP contribution in [0.25, 0.3) is 0 Å². The van der Waals surface area contributed by atoms with Crippen LogP contribution < -0.4 is 5.32 Å². The van der Waals surface area contributed by atoms with Crippen LogP contribution in [-0.4, -0.2) is 36.0 Å². The van der Waals surface area contributed by atoms with E-state index in [1.165, 1.54) is 22.7 Å². The number of carbonyl (C=O) groups excluding carboxylic acids is 2. The zero-order valence-electron chi connectivity index (χ0n) is 11.3. The highest BCUT2D eigenvalue weighted by Gasteiger charge is 2.30. The van der Waals surface area contributed by atoms with Crippen molar-refractivity contribution >= 4 is 63.0 Å². The van der Waals surface area contributed by atoms with Crippen molar-refractivity contribution in [3.05, 3.63) is 40.3 Å². The highest BCUT2D eigenvalue weighted by Crippen LogP contribution is 2.29. The summed E-state index contributed by atoms with van der Waals surface area (Å²) in [5.41, 5.74) is 0.576. The molecule has 1 aliphatic rings. The molecule has 2 amide bonds. The number of nitrogens with zero attached hydrogens (tertiary/aromatic N) is 2. The Morgan fingerprint density at radius 3 is 2.76 bits per heavy atom. The molecule has 0 saturated carbocycles. The fourth-order valence-corrected chi connectivity index (χ4v) is 2.70. The Morgan fingerprint density at radius 2 is 2.19 bits per heavy atom. The first-order valence-electron chi connectivity index (χ1n) is 5.72. The zero-order chi connectivity index (χ0) is 14.7. The molecule has 1 aromatic carbocycles. The van der Waals surface area contributed by atoms with Gasteiger partial charge in [0.2, 0.25) is 5.91 Å². The summed E-state index contributed by atoms with van der Waals surface area (Å²) in [6, 6.07) is 6.80. The third kappa shape index (κ3) is 4.33. The number of hydrogen-bond acceptors (Lipinski definition) is 4. The van der Waals surface area contributed by atoms with Crippen molar-refractivity contribution in [2.45, 2.75) is 0 Å². The molecule has 0 bridgehead atoms. The molecule has 112 valence electrons. The third-order valence-corrected chi connectivity index (χ3v) is 3.94. The molecule has 0 aromatic heterocycles. The van der Waals surface area contributed by atoms with Gasteiger partial charge in [0.15, 0.2) is 5.17 Å². The first-order chi connectivity index (χ1) is 9.51. The van der Waals surface area contributed by atoms with Crippen LogP contribution in [0.5, 0.6) is 0 Å². The minimum atomic E-state index is -0.381. The van der Waals surface area contributed by atoms with Crippen molar-refractivity contribution in [1.29, 1.82) is 0 Å². The van der Waals surface area contributed by atoms with Gasteiger partial charge >= 0.3 is 0 Å². The third-order valence-electron chi connectivity index (χ3n) is 2.55. The van der Waals surface area contributed by atoms with Crippen molar-refractivity contribution in [2.75, 3.05) is 19.4 Å². The molecule has 0 unspecified atom stereocenters. The summed E-state index contributed by atoms with van der Waals surface area (Å²) < 4.78 is 0. The van der Waals surface area contributed by atoms with E-state index in [-0.39, 0.29) is 28.8 Å². The van der Waals surface area contributed by atoms with Gasteiger partial charge < -0.3 is 5.32 Å². The predicted molar refractivity (Wildman–Crippen MR) is 92.2 cm³/mol. The highest BCUT2D eigenvalue weighted by molar-refractivity contribution is 8.93. The summed E-state index contributed by atoms with van der Waals surface area (Å²) in [7, 11) is 3.22. The smallest absolute Gasteiger partial charge is 0.266 e. The number of nitrogens with one attached hydrogen (secondary N) is 1. The lowest BCUT2D eigenvalue weighted by molar-refractivity contribution is -0.121. The summed E-state index contributed by atoms with van der Waals surface area (Å²) in [6.07, 6.45) is 1.27. The lowest BCUT2D eigenvalue weighted by atomic mass is 10.3. The van der Waals surface area contributed by atoms with E-state index in [4.69, 9.17) is 11.6 Å². The molecule has 0 atom stereocenters. The summed E-state index contributed by atoms with van der Waals surface area (Å²) in [6.45, 7) is 0. The van der Waals surface area contributed by atoms with Crippen molar-refractivity contribution in [3.63, 3.8) is 0 Å². The van der Waals surface area contributed by atoms with Crippen LogP contribution >= 0.6 is 40.3 Å². The molecule has 21 heavy (non-hydrogen) atoms. The second-order valence-corrected chi connectivity index (χ2v) is 5.43. The van der Waals surface area contributed by atoms with E-state index in [9.17, 15) is 9.59 Å². The molecule has 1 heterocycles. The van der Waals surface area contributed by atoms with Gasteiger partial charge in [-0.1, -0.05) is 17.7 Å². The minimum absolute atomic E-state index is 0. The molecule has 1 N–H and O–H groups in total. The standard InChI is InChI=1S/C13H12ClN3O2S.BrH/c1-15-13-17(2)12(19)10(20-13)7-11(18)16-9-5-3-4-8(14)6-9;/h3-7H,1-2H3,(H,16,18);1H/b10-7-,15-13?;. The molecular weight excluding hydrogens is 378 g/mol. The Morgan fingerprint density at radius 1 is 1.48 bits per heavy atom. The van der Waals surface area contributed by atoms with E-state index in [0.717, 1.165) is 0 Å². The molecule has 0 radical (unpaired) electrons.